The number of nitrogens with one attached hydrogen (secondary N) is 2. The molecule has 1 aromatic carbocycles. The molecule has 168 valence electrons. The van der Waals surface area contributed by atoms with Gasteiger partial charge in [0.2, 0.25) is 0 Å². The van der Waals surface area contributed by atoms with E-state index in [1.54, 1.807) is 7.11 Å². The highest BCUT2D eigenvalue weighted by Gasteiger charge is 2.08. The third-order valence-corrected chi connectivity index (χ3v) is 4.35. The van der Waals surface area contributed by atoms with Gasteiger partial charge in [0, 0.05) is 57.2 Å². The summed E-state index contributed by atoms with van der Waals surface area (Å²) in [6.07, 6.45) is 0.866. The van der Waals surface area contributed by atoms with Gasteiger partial charge >= 0.3 is 0 Å². The number of hydrogen-bond acceptors (Lipinski definition) is 4. The molecule has 8 heteroatoms. The molecule has 0 aliphatic heterocycles. The quantitative estimate of drug-likeness (QED) is 0.197. The van der Waals surface area contributed by atoms with Crippen LogP contribution in [0, 0.1) is 19.8 Å². The van der Waals surface area contributed by atoms with Gasteiger partial charge < -0.3 is 20.1 Å². The summed E-state index contributed by atoms with van der Waals surface area (Å²) >= 11 is 0. The van der Waals surface area contributed by atoms with Crippen LogP contribution in [0.2, 0.25) is 0 Å². The van der Waals surface area contributed by atoms with Crippen LogP contribution in [0.3, 0.4) is 0 Å². The Morgan fingerprint density at radius 3 is 2.70 bits per heavy atom. The number of guanidine groups is 1. The first-order valence-corrected chi connectivity index (χ1v) is 10.3. The van der Waals surface area contributed by atoms with Gasteiger partial charge in [-0.05, 0) is 44.9 Å². The van der Waals surface area contributed by atoms with E-state index in [0.29, 0.717) is 25.7 Å². The molecule has 1 heterocycles. The molecule has 0 radical (unpaired) electrons. The lowest BCUT2D eigenvalue weighted by Gasteiger charge is -2.15. The molecular formula is C22H36IN5O2. The van der Waals surface area contributed by atoms with Gasteiger partial charge in [-0.2, -0.15) is 5.10 Å². The third kappa shape index (κ3) is 9.34. The molecule has 0 aliphatic rings. The van der Waals surface area contributed by atoms with Crippen molar-refractivity contribution in [3.8, 4) is 5.75 Å². The molecule has 0 spiro atoms. The molecule has 0 saturated carbocycles. The van der Waals surface area contributed by atoms with Crippen molar-refractivity contribution >= 4 is 35.6 Å². The van der Waals surface area contributed by atoms with E-state index in [0.717, 1.165) is 42.6 Å². The number of halogens is 1. The first-order chi connectivity index (χ1) is 14.0. The lowest BCUT2D eigenvalue weighted by atomic mass is 10.2. The van der Waals surface area contributed by atoms with Crippen LogP contribution in [0.1, 0.15) is 31.7 Å². The maximum atomic E-state index is 5.78. The fraction of sp³-hybridized carbons (Fsp3) is 0.545. The molecule has 1 unspecified atom stereocenters. The Hall–Kier alpha value is -1.81. The Balaban J connectivity index is 0.00000450. The fourth-order valence-electron chi connectivity index (χ4n) is 2.96. The van der Waals surface area contributed by atoms with Crippen LogP contribution < -0.4 is 15.4 Å². The average molecular weight is 529 g/mol. The number of ether oxygens (including phenoxy) is 2. The van der Waals surface area contributed by atoms with Gasteiger partial charge in [-0.25, -0.2) is 0 Å². The van der Waals surface area contributed by atoms with Gasteiger partial charge in [-0.1, -0.05) is 13.0 Å². The minimum atomic E-state index is 0. The van der Waals surface area contributed by atoms with Gasteiger partial charge in [0.25, 0.3) is 0 Å². The molecule has 0 bridgehead atoms. The van der Waals surface area contributed by atoms with E-state index >= 15 is 0 Å². The van der Waals surface area contributed by atoms with E-state index in [1.807, 2.05) is 31.2 Å². The van der Waals surface area contributed by atoms with Gasteiger partial charge in [0.1, 0.15) is 5.75 Å². The van der Waals surface area contributed by atoms with Gasteiger partial charge in [-0.3, -0.25) is 9.67 Å². The molecule has 0 fully saturated rings. The predicted molar refractivity (Wildman–Crippen MR) is 134 cm³/mol. The second-order valence-electron chi connectivity index (χ2n) is 7.28. The highest BCUT2D eigenvalue weighted by atomic mass is 127. The van der Waals surface area contributed by atoms with Crippen LogP contribution in [0.5, 0.6) is 5.75 Å². The molecule has 0 aliphatic carbocycles. The van der Waals surface area contributed by atoms with Crippen molar-refractivity contribution in [1.82, 2.24) is 15.1 Å². The van der Waals surface area contributed by atoms with Crippen molar-refractivity contribution in [2.75, 3.05) is 38.7 Å². The molecule has 1 atom stereocenters. The zero-order valence-electron chi connectivity index (χ0n) is 18.8. The van der Waals surface area contributed by atoms with Crippen molar-refractivity contribution in [2.24, 2.45) is 10.9 Å². The highest BCUT2D eigenvalue weighted by molar-refractivity contribution is 14.0. The third-order valence-electron chi connectivity index (χ3n) is 4.35. The zero-order valence-corrected chi connectivity index (χ0v) is 21.1. The summed E-state index contributed by atoms with van der Waals surface area (Å²) in [6.45, 7) is 12.1. The van der Waals surface area contributed by atoms with Crippen LogP contribution in [0.25, 0.3) is 0 Å². The van der Waals surface area contributed by atoms with E-state index in [9.17, 15) is 0 Å². The lowest BCUT2D eigenvalue weighted by molar-refractivity contribution is 0.172. The fourth-order valence-corrected chi connectivity index (χ4v) is 2.96. The summed E-state index contributed by atoms with van der Waals surface area (Å²) in [4.78, 5) is 4.75. The van der Waals surface area contributed by atoms with E-state index in [1.165, 1.54) is 5.69 Å². The van der Waals surface area contributed by atoms with Gasteiger partial charge in [0.05, 0.1) is 12.3 Å². The molecule has 2 N–H and O–H groups in total. The molecule has 7 nitrogen and oxygen atoms in total. The van der Waals surface area contributed by atoms with Crippen molar-refractivity contribution < 1.29 is 9.47 Å². The number of nitrogens with zero attached hydrogens (tertiary/aromatic N) is 3. The molecule has 2 aromatic rings. The van der Waals surface area contributed by atoms with E-state index in [-0.39, 0.29) is 24.0 Å². The Morgan fingerprint density at radius 1 is 1.23 bits per heavy atom. The summed E-state index contributed by atoms with van der Waals surface area (Å²) in [5.74, 6) is 1.98. The summed E-state index contributed by atoms with van der Waals surface area (Å²) in [5, 5.41) is 11.2. The molecular weight excluding hydrogens is 493 g/mol. The molecule has 0 saturated heterocycles. The monoisotopic (exact) mass is 529 g/mol. The van der Waals surface area contributed by atoms with Crippen molar-refractivity contribution in [3.63, 3.8) is 0 Å². The second-order valence-corrected chi connectivity index (χ2v) is 7.28. The molecule has 1 aromatic heterocycles. The zero-order chi connectivity index (χ0) is 21.1. The minimum Gasteiger partial charge on any atom is -0.493 e. The van der Waals surface area contributed by atoms with Crippen LogP contribution in [0.4, 0.5) is 5.69 Å². The number of rotatable bonds is 11. The minimum absolute atomic E-state index is 0. The Labute approximate surface area is 197 Å². The standard InChI is InChI=1S/C22H35N5O2.HI/c1-6-23-22(24-15-17(2)16-27-19(4)13-18(3)26-27)25-20-9-7-10-21(14-20)29-12-8-11-28-5;/h7,9-10,13-14,17H,6,8,11-12,15-16H2,1-5H3,(H2,23,24,25);1H. The van der Waals surface area contributed by atoms with E-state index in [4.69, 9.17) is 14.5 Å². The average Bonchev–Trinajstić information content (AvgIpc) is 3.00. The maximum absolute atomic E-state index is 5.78. The van der Waals surface area contributed by atoms with Gasteiger partial charge in [-0.15, -0.1) is 24.0 Å². The molecule has 30 heavy (non-hydrogen) atoms. The highest BCUT2D eigenvalue weighted by Crippen LogP contribution is 2.17. The molecule has 2 rings (SSSR count). The SMILES string of the molecule is CCNC(=NCC(C)Cn1nc(C)cc1C)Nc1cccc(OCCCOC)c1.I. The first kappa shape index (κ1) is 26.2. The van der Waals surface area contributed by atoms with Crippen LogP contribution in [0.15, 0.2) is 35.3 Å². The Kier molecular flexibility index (Phi) is 12.4. The summed E-state index contributed by atoms with van der Waals surface area (Å²) < 4.78 is 12.9. The van der Waals surface area contributed by atoms with E-state index in [2.05, 4.69) is 47.3 Å². The van der Waals surface area contributed by atoms with Crippen molar-refractivity contribution in [2.45, 2.75) is 40.7 Å². The topological polar surface area (TPSA) is 72.7 Å². The van der Waals surface area contributed by atoms with Crippen molar-refractivity contribution in [3.05, 3.63) is 41.7 Å². The van der Waals surface area contributed by atoms with Gasteiger partial charge in [0.15, 0.2) is 5.96 Å². The lowest BCUT2D eigenvalue weighted by Crippen LogP contribution is -2.31. The molecule has 0 amide bonds. The smallest absolute Gasteiger partial charge is 0.195 e. The number of aryl methyl sites for hydroxylation is 2. The van der Waals surface area contributed by atoms with Crippen molar-refractivity contribution in [1.29, 1.82) is 0 Å². The first-order valence-electron chi connectivity index (χ1n) is 10.3. The predicted octanol–water partition coefficient (Wildman–Crippen LogP) is 4.25. The van der Waals surface area contributed by atoms with Crippen LogP contribution in [-0.4, -0.2) is 49.2 Å². The van der Waals surface area contributed by atoms with E-state index < -0.39 is 0 Å². The number of methoxy groups -OCH3 is 1. The summed E-state index contributed by atoms with van der Waals surface area (Å²) in [6, 6.07) is 10.0. The number of benzene rings is 1. The normalized spacial score (nSPS) is 12.2. The Bertz CT molecular complexity index is 779. The van der Waals surface area contributed by atoms with Crippen LogP contribution >= 0.6 is 24.0 Å². The number of aromatic nitrogens is 2. The Morgan fingerprint density at radius 2 is 2.03 bits per heavy atom. The van der Waals surface area contributed by atoms with Crippen LogP contribution in [-0.2, 0) is 11.3 Å². The summed E-state index contributed by atoms with van der Waals surface area (Å²) in [5.41, 5.74) is 3.18. The maximum Gasteiger partial charge on any atom is 0.195 e. The second kappa shape index (κ2) is 14.2. The number of aliphatic imine (C=N–C) groups is 1. The number of hydrogen-bond donors (Lipinski definition) is 2. The number of anilines is 1. The largest absolute Gasteiger partial charge is 0.493 e. The summed E-state index contributed by atoms with van der Waals surface area (Å²) in [7, 11) is 1.70.